The molecule has 2 heterocycles. The number of imidazole rings is 1. The maximum atomic E-state index is 14.1. The summed E-state index contributed by atoms with van der Waals surface area (Å²) in [6.07, 6.45) is 6.75. The molecule has 0 fully saturated rings. The molecule has 39 nitrogen and oxygen atoms in total. The predicted octanol–water partition coefficient (Wildman–Crippen LogP) is -6.56. The second-order valence-corrected chi connectivity index (χ2v) is 26.0. The number of amides is 17. The molecule has 3 aromatic rings. The first-order valence-corrected chi connectivity index (χ1v) is 34.8. The number of aromatic nitrogens is 3. The fraction of sp³-hybridized carbons (Fsp3) is 0.582. The fourth-order valence-corrected chi connectivity index (χ4v) is 10.0. The fourth-order valence-electron chi connectivity index (χ4n) is 10.0. The lowest BCUT2D eigenvalue weighted by molar-refractivity contribution is -0.135. The molecule has 0 aliphatic rings. The molecule has 0 bridgehead atoms. The molecule has 106 heavy (non-hydrogen) atoms. The number of rotatable bonds is 44. The molecule has 0 unspecified atom stereocenters. The number of nitrogens with two attached hydrogens (primary N) is 3. The lowest BCUT2D eigenvalue weighted by Crippen LogP contribution is -2.59. The average Bonchev–Trinajstić information content (AvgIpc) is 1.68. The monoisotopic (exact) mass is 1490 g/mol. The standard InChI is InChI=1S/C67H106N22O17/c1-31(74-54(93)32(2)77-59(98)37(7)83-65(104)49(86-43(13)90)23-17-19-25-69)53(92)76-35(5)57(96)81-41(11)63(102)88-50(26-44-28-72-47-21-15-14-20-46(44)47)66(105)84-38(8)60(99)79-36(6)58(97)82-42(12)64(103)89-51(27-45-29-71-30-73-45)67(106)85-39(9)61(100)78-33(3)55(94)75-34(4)56(95)80-40(10)62(101)87-48(52(70)91)22-16-18-24-68/h14-15,20-21,28-42,48-51,72H,16-19,22-27,68-69H2,1-13H3,(H2,70,91)(H,71,73)(H,74,93)(H,75,94)(H,76,92)(H,77,98)(H,78,100)(H,79,99)(H,80,95)(H,81,96)(H,82,97)(H,83,104)(H,84,105)(H,85,106)(H,86,90)(H,87,101)(H,88,102)(H,89,103)/t31-,32-,33-,34-,35-,36-,37-,38-,39-,40-,41-,42-,48-,49-,50-,51-/m0/s1. The van der Waals surface area contributed by atoms with E-state index in [0.29, 0.717) is 60.9 Å². The highest BCUT2D eigenvalue weighted by atomic mass is 16.2. The van der Waals surface area contributed by atoms with E-state index in [4.69, 9.17) is 17.2 Å². The Labute approximate surface area is 613 Å². The summed E-state index contributed by atoms with van der Waals surface area (Å²) in [5.41, 5.74) is 18.1. The Balaban J connectivity index is 1.59. The SMILES string of the molecule is CC(=O)N[C@@H](CCCCN)C(=O)N[C@@H](C)C(=O)N[C@@H](C)C(=O)N[C@@H](C)C(=O)N[C@@H](C)C(=O)N[C@@H](C)C(=O)N[C@@H](Cc1c[nH]c2ccccc12)C(=O)N[C@@H](C)C(=O)N[C@@H](C)C(=O)N[C@@H](C)C(=O)N[C@@H](Cc1cnc[nH]1)C(=O)N[C@@H](C)C(=O)N[C@@H](C)C(=O)N[C@@H](C)C(=O)N[C@@H](C)C(=O)N[C@@H](CCCCN)C(N)=O. The van der Waals surface area contributed by atoms with Crippen molar-refractivity contribution in [3.05, 3.63) is 54.2 Å². The van der Waals surface area contributed by atoms with Crippen molar-refractivity contribution in [2.75, 3.05) is 13.1 Å². The van der Waals surface area contributed by atoms with Gasteiger partial charge in [0, 0.05) is 48.8 Å². The summed E-state index contributed by atoms with van der Waals surface area (Å²) < 4.78 is 0. The van der Waals surface area contributed by atoms with E-state index >= 15 is 0 Å². The van der Waals surface area contributed by atoms with Crippen LogP contribution in [0.25, 0.3) is 10.9 Å². The number of unbranched alkanes of at least 4 members (excludes halogenated alkanes) is 2. The van der Waals surface area contributed by atoms with Crippen LogP contribution in [-0.2, 0) is 94.3 Å². The van der Waals surface area contributed by atoms with Gasteiger partial charge in [0.15, 0.2) is 0 Å². The van der Waals surface area contributed by atoms with Crippen molar-refractivity contribution in [1.29, 1.82) is 0 Å². The Kier molecular flexibility index (Phi) is 36.9. The summed E-state index contributed by atoms with van der Waals surface area (Å²) in [4.78, 5) is 234. The lowest BCUT2D eigenvalue weighted by Gasteiger charge is -2.25. The highest BCUT2D eigenvalue weighted by molar-refractivity contribution is 6.01. The van der Waals surface area contributed by atoms with Crippen LogP contribution < -0.4 is 102 Å². The maximum Gasteiger partial charge on any atom is 0.243 e. The maximum absolute atomic E-state index is 14.1. The number of fused-ring (bicyclic) bond motifs is 1. The zero-order chi connectivity index (χ0) is 79.8. The van der Waals surface area contributed by atoms with Crippen molar-refractivity contribution in [2.24, 2.45) is 17.2 Å². The molecular formula is C67H106N22O17. The number of nitrogens with one attached hydrogen (secondary N) is 18. The minimum absolute atomic E-state index is 0.144. The first kappa shape index (κ1) is 89.1. The first-order chi connectivity index (χ1) is 49.8. The number of benzene rings is 1. The van der Waals surface area contributed by atoms with Gasteiger partial charge in [-0.05, 0) is 146 Å². The molecule has 0 saturated heterocycles. The summed E-state index contributed by atoms with van der Waals surface area (Å²) in [7, 11) is 0. The number of primary amides is 1. The summed E-state index contributed by atoms with van der Waals surface area (Å²) in [6.45, 7) is 17.8. The minimum Gasteiger partial charge on any atom is -0.368 e. The van der Waals surface area contributed by atoms with E-state index in [1.165, 1.54) is 103 Å². The minimum atomic E-state index is -1.40. The van der Waals surface area contributed by atoms with Gasteiger partial charge in [0.2, 0.25) is 100 Å². The third kappa shape index (κ3) is 29.9. The lowest BCUT2D eigenvalue weighted by atomic mass is 10.0. The second kappa shape index (κ2) is 43.9. The van der Waals surface area contributed by atoms with Crippen LogP contribution in [0.5, 0.6) is 0 Å². The van der Waals surface area contributed by atoms with Crippen LogP contribution in [-0.4, -0.2) is 225 Å². The van der Waals surface area contributed by atoms with Crippen LogP contribution in [0.4, 0.5) is 0 Å². The molecule has 0 spiro atoms. The molecule has 0 radical (unpaired) electrons. The molecule has 3 rings (SSSR count). The Morgan fingerprint density at radius 2 is 0.632 bits per heavy atom. The van der Waals surface area contributed by atoms with Gasteiger partial charge in [0.05, 0.1) is 6.33 Å². The highest BCUT2D eigenvalue weighted by Crippen LogP contribution is 2.20. The molecule has 1 aromatic carbocycles. The number of aromatic amines is 2. The zero-order valence-corrected chi connectivity index (χ0v) is 62.0. The Bertz CT molecular complexity index is 3590. The number of nitrogens with zero attached hydrogens (tertiary/aromatic N) is 1. The van der Waals surface area contributed by atoms with Crippen LogP contribution >= 0.6 is 0 Å². The number of H-pyrrole nitrogens is 2. The number of carbonyl (C=O) groups excluding carboxylic acids is 17. The third-order valence-corrected chi connectivity index (χ3v) is 16.6. The van der Waals surface area contributed by atoms with Crippen molar-refractivity contribution in [3.63, 3.8) is 0 Å². The van der Waals surface area contributed by atoms with Gasteiger partial charge in [-0.2, -0.15) is 0 Å². The van der Waals surface area contributed by atoms with Crippen molar-refractivity contribution in [2.45, 2.75) is 238 Å². The molecule has 39 heteroatoms. The molecule has 0 aliphatic carbocycles. The van der Waals surface area contributed by atoms with Gasteiger partial charge < -0.3 is 112 Å². The van der Waals surface area contributed by atoms with E-state index in [9.17, 15) is 81.5 Å². The largest absolute Gasteiger partial charge is 0.368 e. The van der Waals surface area contributed by atoms with Gasteiger partial charge >= 0.3 is 0 Å². The van der Waals surface area contributed by atoms with E-state index in [2.05, 4.69) is 100 Å². The topological polar surface area (TPSA) is 605 Å². The quantitative estimate of drug-likeness (QED) is 0.0234. The molecule has 2 aromatic heterocycles. The number of carbonyl (C=O) groups is 17. The van der Waals surface area contributed by atoms with Crippen molar-refractivity contribution in [3.8, 4) is 0 Å². The molecule has 16 atom stereocenters. The summed E-state index contributed by atoms with van der Waals surface area (Å²) in [6, 6.07) is -12.9. The smallest absolute Gasteiger partial charge is 0.243 e. The first-order valence-electron chi connectivity index (χ1n) is 34.8. The van der Waals surface area contributed by atoms with Crippen LogP contribution in [0.15, 0.2) is 43.0 Å². The van der Waals surface area contributed by atoms with Gasteiger partial charge in [-0.15, -0.1) is 0 Å². The van der Waals surface area contributed by atoms with Gasteiger partial charge in [-0.1, -0.05) is 18.2 Å². The normalized spacial score (nSPS) is 15.6. The summed E-state index contributed by atoms with van der Waals surface area (Å²) >= 11 is 0. The van der Waals surface area contributed by atoms with Gasteiger partial charge in [-0.3, -0.25) is 81.5 Å². The van der Waals surface area contributed by atoms with Crippen molar-refractivity contribution >= 4 is 111 Å². The van der Waals surface area contributed by atoms with E-state index in [0.717, 1.165) is 0 Å². The second-order valence-electron chi connectivity index (χ2n) is 26.0. The predicted molar refractivity (Wildman–Crippen MR) is 384 cm³/mol. The molecular weight excluding hydrogens is 1380 g/mol. The third-order valence-electron chi connectivity index (χ3n) is 16.6. The zero-order valence-electron chi connectivity index (χ0n) is 62.0. The van der Waals surface area contributed by atoms with E-state index < -0.39 is 197 Å². The Morgan fingerprint density at radius 1 is 0.349 bits per heavy atom. The van der Waals surface area contributed by atoms with Gasteiger partial charge in [0.1, 0.15) is 96.7 Å². The van der Waals surface area contributed by atoms with E-state index in [1.54, 1.807) is 30.5 Å². The van der Waals surface area contributed by atoms with Crippen molar-refractivity contribution in [1.82, 2.24) is 100 Å². The Morgan fingerprint density at radius 3 is 0.934 bits per heavy atom. The van der Waals surface area contributed by atoms with E-state index in [1.807, 2.05) is 0 Å². The van der Waals surface area contributed by atoms with Crippen LogP contribution in [0, 0.1) is 0 Å². The summed E-state index contributed by atoms with van der Waals surface area (Å²) in [5, 5.41) is 40.4. The molecule has 586 valence electrons. The number of hydrogen-bond acceptors (Lipinski definition) is 20. The van der Waals surface area contributed by atoms with Crippen LogP contribution in [0.2, 0.25) is 0 Å². The molecule has 17 amide bonds. The highest BCUT2D eigenvalue weighted by Gasteiger charge is 2.35. The molecule has 24 N–H and O–H groups in total. The average molecular weight is 1490 g/mol. The van der Waals surface area contributed by atoms with E-state index in [-0.39, 0.29) is 25.7 Å². The van der Waals surface area contributed by atoms with Crippen LogP contribution in [0.3, 0.4) is 0 Å². The summed E-state index contributed by atoms with van der Waals surface area (Å²) in [5.74, 6) is -13.5. The number of para-hydroxylation sites is 1. The van der Waals surface area contributed by atoms with Gasteiger partial charge in [0.25, 0.3) is 0 Å². The molecule has 0 aliphatic heterocycles. The van der Waals surface area contributed by atoms with Crippen LogP contribution in [0.1, 0.15) is 140 Å². The van der Waals surface area contributed by atoms with Crippen molar-refractivity contribution < 1.29 is 81.5 Å². The number of hydrogen-bond donors (Lipinski definition) is 21. The van der Waals surface area contributed by atoms with Gasteiger partial charge in [-0.25, -0.2) is 4.98 Å². The Hall–Kier alpha value is -11.1. The molecule has 0 saturated carbocycles.